The molecule has 116 valence electrons. The average Bonchev–Trinajstić information content (AvgIpc) is 2.82. The summed E-state index contributed by atoms with van der Waals surface area (Å²) in [5, 5.41) is 12.2. The molecule has 2 aromatic rings. The highest BCUT2D eigenvalue weighted by Gasteiger charge is 2.30. The molecule has 0 fully saturated rings. The van der Waals surface area contributed by atoms with Crippen LogP contribution in [0.3, 0.4) is 0 Å². The van der Waals surface area contributed by atoms with Crippen LogP contribution in [0.15, 0.2) is 66.4 Å². The van der Waals surface area contributed by atoms with E-state index in [-0.39, 0.29) is 23.3 Å². The second-order valence-electron chi connectivity index (χ2n) is 5.26. The first-order chi connectivity index (χ1) is 11.1. The molecule has 0 saturated carbocycles. The van der Waals surface area contributed by atoms with Crippen LogP contribution in [0.5, 0.6) is 5.75 Å². The van der Waals surface area contributed by atoms with Crippen molar-refractivity contribution < 1.29 is 14.7 Å². The number of hydrogen-bond acceptors (Lipinski definition) is 4. The zero-order valence-corrected chi connectivity index (χ0v) is 12.4. The average molecular weight is 308 g/mol. The molecule has 2 aromatic carbocycles. The normalized spacial score (nSPS) is 14.1. The first-order valence-corrected chi connectivity index (χ1v) is 7.31. The number of hydrogen-bond donors (Lipinski definition) is 2. The van der Waals surface area contributed by atoms with E-state index < -0.39 is 0 Å². The monoisotopic (exact) mass is 308 g/mol. The fourth-order valence-corrected chi connectivity index (χ4v) is 2.40. The van der Waals surface area contributed by atoms with Crippen LogP contribution in [0.4, 0.5) is 5.69 Å². The van der Waals surface area contributed by atoms with Crippen LogP contribution in [-0.2, 0) is 16.0 Å². The van der Waals surface area contributed by atoms with E-state index in [1.165, 1.54) is 23.1 Å². The quantitative estimate of drug-likeness (QED) is 0.657. The summed E-state index contributed by atoms with van der Waals surface area (Å²) in [5.74, 6) is -0.506. The van der Waals surface area contributed by atoms with Crippen molar-refractivity contribution in [3.8, 4) is 5.75 Å². The van der Waals surface area contributed by atoms with Crippen molar-refractivity contribution in [1.82, 2.24) is 4.90 Å². The summed E-state index contributed by atoms with van der Waals surface area (Å²) < 4.78 is 0. The molecule has 0 bridgehead atoms. The second-order valence-corrected chi connectivity index (χ2v) is 5.26. The van der Waals surface area contributed by atoms with Crippen LogP contribution < -0.4 is 5.32 Å². The lowest BCUT2D eigenvalue weighted by Crippen LogP contribution is -2.33. The van der Waals surface area contributed by atoms with Gasteiger partial charge in [0.2, 0.25) is 0 Å². The second kappa shape index (κ2) is 6.36. The van der Waals surface area contributed by atoms with Crippen molar-refractivity contribution in [1.29, 1.82) is 0 Å². The number of anilines is 1. The summed E-state index contributed by atoms with van der Waals surface area (Å²) >= 11 is 0. The lowest BCUT2D eigenvalue weighted by molar-refractivity contribution is -0.137. The Morgan fingerprint density at radius 1 is 0.957 bits per heavy atom. The third-order valence-corrected chi connectivity index (χ3v) is 3.62. The first-order valence-electron chi connectivity index (χ1n) is 7.31. The number of phenols is 1. The number of carbonyl (C=O) groups is 2. The van der Waals surface area contributed by atoms with Crippen molar-refractivity contribution in [3.63, 3.8) is 0 Å². The zero-order chi connectivity index (χ0) is 16.2. The van der Waals surface area contributed by atoms with E-state index in [4.69, 9.17) is 0 Å². The highest BCUT2D eigenvalue weighted by Crippen LogP contribution is 2.19. The van der Waals surface area contributed by atoms with Crippen LogP contribution in [0.1, 0.15) is 5.56 Å². The van der Waals surface area contributed by atoms with E-state index in [1.807, 2.05) is 30.3 Å². The molecule has 0 unspecified atom stereocenters. The maximum absolute atomic E-state index is 12.3. The predicted molar refractivity (Wildman–Crippen MR) is 86.7 cm³/mol. The Kier molecular flexibility index (Phi) is 4.10. The van der Waals surface area contributed by atoms with Gasteiger partial charge in [-0.2, -0.15) is 0 Å². The molecular weight excluding hydrogens is 292 g/mol. The van der Waals surface area contributed by atoms with Gasteiger partial charge in [-0.25, -0.2) is 0 Å². The topological polar surface area (TPSA) is 69.6 Å². The highest BCUT2D eigenvalue weighted by atomic mass is 16.3. The first kappa shape index (κ1) is 14.8. The van der Waals surface area contributed by atoms with Crippen molar-refractivity contribution >= 4 is 17.5 Å². The van der Waals surface area contributed by atoms with Gasteiger partial charge in [-0.05, 0) is 36.2 Å². The molecule has 1 heterocycles. The molecule has 0 aliphatic carbocycles. The number of nitrogens with one attached hydrogen (secondary N) is 1. The smallest absolute Gasteiger partial charge is 0.277 e. The number of carbonyl (C=O) groups excluding carboxylic acids is 2. The number of amides is 2. The highest BCUT2D eigenvalue weighted by molar-refractivity contribution is 6.17. The fraction of sp³-hybridized carbons (Fsp3) is 0.111. The Balaban J connectivity index is 1.64. The summed E-state index contributed by atoms with van der Waals surface area (Å²) in [6.07, 6.45) is 1.93. The Labute approximate surface area is 133 Å². The summed E-state index contributed by atoms with van der Waals surface area (Å²) in [4.78, 5) is 25.6. The molecule has 0 saturated heterocycles. The Hall–Kier alpha value is -3.08. The minimum Gasteiger partial charge on any atom is -0.508 e. The molecule has 3 rings (SSSR count). The van der Waals surface area contributed by atoms with E-state index in [0.29, 0.717) is 18.7 Å². The van der Waals surface area contributed by atoms with E-state index in [9.17, 15) is 14.7 Å². The molecule has 2 amide bonds. The molecule has 2 N–H and O–H groups in total. The Morgan fingerprint density at radius 2 is 1.65 bits per heavy atom. The summed E-state index contributed by atoms with van der Waals surface area (Å²) in [6.45, 7) is 0.346. The Bertz CT molecular complexity index is 752. The fourth-order valence-electron chi connectivity index (χ4n) is 2.40. The maximum Gasteiger partial charge on any atom is 0.277 e. The standard InChI is InChI=1S/C18H16N2O3/c21-15-8-6-14(7-9-15)19-16-12-17(22)20(18(16)23)11-10-13-4-2-1-3-5-13/h1-9,12,19,21H,10-11H2. The predicted octanol–water partition coefficient (Wildman–Crippen LogP) is 2.30. The van der Waals surface area contributed by atoms with Gasteiger partial charge in [-0.1, -0.05) is 30.3 Å². The number of benzene rings is 2. The zero-order valence-electron chi connectivity index (χ0n) is 12.4. The van der Waals surface area contributed by atoms with Gasteiger partial charge in [0.15, 0.2) is 0 Å². The van der Waals surface area contributed by atoms with Gasteiger partial charge < -0.3 is 10.4 Å². The lowest BCUT2D eigenvalue weighted by atomic mass is 10.1. The molecule has 0 spiro atoms. The molecular formula is C18H16N2O3. The minimum absolute atomic E-state index is 0.142. The van der Waals surface area contributed by atoms with Gasteiger partial charge in [0, 0.05) is 18.3 Å². The number of nitrogens with zero attached hydrogens (tertiary/aromatic N) is 1. The van der Waals surface area contributed by atoms with Crippen molar-refractivity contribution in [2.75, 3.05) is 11.9 Å². The van der Waals surface area contributed by atoms with Crippen molar-refractivity contribution in [2.24, 2.45) is 0 Å². The number of aromatic hydroxyl groups is 1. The molecule has 5 nitrogen and oxygen atoms in total. The van der Waals surface area contributed by atoms with Crippen LogP contribution in [0, 0.1) is 0 Å². The molecule has 5 heteroatoms. The van der Waals surface area contributed by atoms with Gasteiger partial charge in [0.1, 0.15) is 11.4 Å². The number of imide groups is 1. The number of phenolic OH excluding ortho intramolecular Hbond substituents is 1. The third kappa shape index (κ3) is 3.40. The molecule has 0 atom stereocenters. The third-order valence-electron chi connectivity index (χ3n) is 3.62. The van der Waals surface area contributed by atoms with Crippen LogP contribution in [0.25, 0.3) is 0 Å². The van der Waals surface area contributed by atoms with Crippen molar-refractivity contribution in [2.45, 2.75) is 6.42 Å². The van der Waals surface area contributed by atoms with Gasteiger partial charge >= 0.3 is 0 Å². The molecule has 0 radical (unpaired) electrons. The van der Waals surface area contributed by atoms with Crippen LogP contribution in [0.2, 0.25) is 0 Å². The van der Waals surface area contributed by atoms with Gasteiger partial charge in [0.25, 0.3) is 11.8 Å². The van der Waals surface area contributed by atoms with E-state index >= 15 is 0 Å². The molecule has 1 aliphatic rings. The van der Waals surface area contributed by atoms with Crippen molar-refractivity contribution in [3.05, 3.63) is 71.9 Å². The maximum atomic E-state index is 12.3. The van der Waals surface area contributed by atoms with Crippen LogP contribution >= 0.6 is 0 Å². The molecule has 23 heavy (non-hydrogen) atoms. The van der Waals surface area contributed by atoms with Gasteiger partial charge in [0.05, 0.1) is 0 Å². The van der Waals surface area contributed by atoms with E-state index in [0.717, 1.165) is 5.56 Å². The summed E-state index contributed by atoms with van der Waals surface area (Å²) in [6, 6.07) is 16.0. The van der Waals surface area contributed by atoms with E-state index in [2.05, 4.69) is 5.32 Å². The SMILES string of the molecule is O=C1C=C(Nc2ccc(O)cc2)C(=O)N1CCc1ccccc1. The summed E-state index contributed by atoms with van der Waals surface area (Å²) in [7, 11) is 0. The van der Waals surface area contributed by atoms with Gasteiger partial charge in [-0.15, -0.1) is 0 Å². The molecule has 1 aliphatic heterocycles. The minimum atomic E-state index is -0.334. The van der Waals surface area contributed by atoms with Gasteiger partial charge in [-0.3, -0.25) is 14.5 Å². The lowest BCUT2D eigenvalue weighted by Gasteiger charge is -2.15. The molecule has 0 aromatic heterocycles. The van der Waals surface area contributed by atoms with Crippen LogP contribution in [-0.4, -0.2) is 28.4 Å². The number of rotatable bonds is 5. The largest absolute Gasteiger partial charge is 0.508 e. The summed E-state index contributed by atoms with van der Waals surface area (Å²) in [5.41, 5.74) is 1.96. The Morgan fingerprint density at radius 3 is 2.35 bits per heavy atom. The van der Waals surface area contributed by atoms with E-state index in [1.54, 1.807) is 12.1 Å².